The Bertz CT molecular complexity index is 711. The standard InChI is InChI=1S/C15H19N3O4S/c1-11(19)17-14-4-2-12(3-5-14)9-16-18-15(20)8-13-6-7-23(21,22)10-13/h2-5,9,13H,6-8,10H2,1H3,(H,17,19)(H,18,20)/b16-9-/t13-/m1/s1. The molecule has 1 saturated heterocycles. The van der Waals surface area contributed by atoms with Crippen LogP contribution < -0.4 is 10.7 Å². The summed E-state index contributed by atoms with van der Waals surface area (Å²) in [6.07, 6.45) is 2.18. The number of nitrogens with zero attached hydrogens (tertiary/aromatic N) is 1. The molecule has 0 aromatic heterocycles. The average Bonchev–Trinajstić information content (AvgIpc) is 2.79. The van der Waals surface area contributed by atoms with Gasteiger partial charge in [0.05, 0.1) is 17.7 Å². The summed E-state index contributed by atoms with van der Waals surface area (Å²) in [7, 11) is -2.97. The highest BCUT2D eigenvalue weighted by Gasteiger charge is 2.29. The fourth-order valence-electron chi connectivity index (χ4n) is 2.38. The van der Waals surface area contributed by atoms with E-state index in [1.165, 1.54) is 13.1 Å². The first kappa shape index (κ1) is 17.1. The van der Waals surface area contributed by atoms with Gasteiger partial charge < -0.3 is 5.32 Å². The number of nitrogens with one attached hydrogen (secondary N) is 2. The van der Waals surface area contributed by atoms with Gasteiger partial charge in [0, 0.05) is 19.0 Å². The van der Waals surface area contributed by atoms with Crippen molar-refractivity contribution in [3.8, 4) is 0 Å². The lowest BCUT2D eigenvalue weighted by atomic mass is 10.1. The summed E-state index contributed by atoms with van der Waals surface area (Å²) in [6.45, 7) is 1.43. The number of sulfone groups is 1. The molecular weight excluding hydrogens is 318 g/mol. The molecule has 0 bridgehead atoms. The van der Waals surface area contributed by atoms with Crippen LogP contribution in [0.4, 0.5) is 5.69 Å². The van der Waals surface area contributed by atoms with E-state index in [1.807, 2.05) is 0 Å². The Labute approximate surface area is 135 Å². The second-order valence-electron chi connectivity index (χ2n) is 5.57. The first-order valence-corrected chi connectivity index (χ1v) is 9.06. The Kier molecular flexibility index (Phi) is 5.49. The molecule has 2 amide bonds. The molecule has 1 aromatic carbocycles. The van der Waals surface area contributed by atoms with E-state index < -0.39 is 9.84 Å². The summed E-state index contributed by atoms with van der Waals surface area (Å²) in [4.78, 5) is 22.6. The van der Waals surface area contributed by atoms with E-state index in [2.05, 4.69) is 15.8 Å². The first-order valence-electron chi connectivity index (χ1n) is 7.24. The van der Waals surface area contributed by atoms with Crippen LogP contribution >= 0.6 is 0 Å². The van der Waals surface area contributed by atoms with Crippen molar-refractivity contribution in [1.29, 1.82) is 0 Å². The van der Waals surface area contributed by atoms with Crippen LogP contribution in [0.1, 0.15) is 25.3 Å². The monoisotopic (exact) mass is 337 g/mol. The van der Waals surface area contributed by atoms with Gasteiger partial charge in [-0.1, -0.05) is 12.1 Å². The lowest BCUT2D eigenvalue weighted by Gasteiger charge is -2.05. The van der Waals surface area contributed by atoms with Gasteiger partial charge in [-0.3, -0.25) is 9.59 Å². The number of carbonyl (C=O) groups excluding carboxylic acids is 2. The van der Waals surface area contributed by atoms with Crippen LogP contribution in [-0.4, -0.2) is 38.0 Å². The number of hydrazone groups is 1. The largest absolute Gasteiger partial charge is 0.326 e. The Hall–Kier alpha value is -2.22. The van der Waals surface area contributed by atoms with Gasteiger partial charge in [0.15, 0.2) is 9.84 Å². The molecular formula is C15H19N3O4S. The van der Waals surface area contributed by atoms with Crippen LogP contribution in [0.2, 0.25) is 0 Å². The van der Waals surface area contributed by atoms with Gasteiger partial charge in [0.1, 0.15) is 0 Å². The molecule has 1 heterocycles. The molecule has 124 valence electrons. The predicted octanol–water partition coefficient (Wildman–Crippen LogP) is 0.920. The minimum atomic E-state index is -2.97. The van der Waals surface area contributed by atoms with E-state index in [0.717, 1.165) is 5.56 Å². The maximum Gasteiger partial charge on any atom is 0.240 e. The molecule has 7 nitrogen and oxygen atoms in total. The molecule has 1 aliphatic rings. The van der Waals surface area contributed by atoms with E-state index in [0.29, 0.717) is 12.1 Å². The van der Waals surface area contributed by atoms with Crippen LogP contribution in [0.3, 0.4) is 0 Å². The van der Waals surface area contributed by atoms with Gasteiger partial charge >= 0.3 is 0 Å². The number of anilines is 1. The van der Waals surface area contributed by atoms with Crippen LogP contribution in [0, 0.1) is 5.92 Å². The van der Waals surface area contributed by atoms with Crippen molar-refractivity contribution < 1.29 is 18.0 Å². The summed E-state index contributed by atoms with van der Waals surface area (Å²) in [5, 5.41) is 6.50. The summed E-state index contributed by atoms with van der Waals surface area (Å²) in [5.74, 6) is -0.318. The smallest absolute Gasteiger partial charge is 0.240 e. The van der Waals surface area contributed by atoms with Gasteiger partial charge in [-0.15, -0.1) is 0 Å². The van der Waals surface area contributed by atoms with Crippen molar-refractivity contribution in [2.75, 3.05) is 16.8 Å². The van der Waals surface area contributed by atoms with Crippen molar-refractivity contribution in [2.24, 2.45) is 11.0 Å². The van der Waals surface area contributed by atoms with Crippen LogP contribution in [-0.2, 0) is 19.4 Å². The predicted molar refractivity (Wildman–Crippen MR) is 87.9 cm³/mol. The molecule has 1 aliphatic heterocycles. The molecule has 2 rings (SSSR count). The zero-order chi connectivity index (χ0) is 16.9. The fraction of sp³-hybridized carbons (Fsp3) is 0.400. The number of rotatable bonds is 5. The van der Waals surface area contributed by atoms with Gasteiger partial charge in [-0.2, -0.15) is 5.10 Å². The summed E-state index contributed by atoms with van der Waals surface area (Å²) in [6, 6.07) is 6.97. The molecule has 2 N–H and O–H groups in total. The lowest BCUT2D eigenvalue weighted by Crippen LogP contribution is -2.21. The fourth-order valence-corrected chi connectivity index (χ4v) is 4.24. The van der Waals surface area contributed by atoms with E-state index in [4.69, 9.17) is 0 Å². The van der Waals surface area contributed by atoms with Crippen molar-refractivity contribution >= 4 is 33.6 Å². The van der Waals surface area contributed by atoms with E-state index in [1.54, 1.807) is 24.3 Å². The molecule has 0 saturated carbocycles. The first-order chi connectivity index (χ1) is 10.8. The molecule has 0 radical (unpaired) electrons. The van der Waals surface area contributed by atoms with E-state index in [-0.39, 0.29) is 35.7 Å². The second-order valence-corrected chi connectivity index (χ2v) is 7.80. The Morgan fingerprint density at radius 1 is 1.30 bits per heavy atom. The third kappa shape index (κ3) is 5.82. The van der Waals surface area contributed by atoms with Gasteiger partial charge in [-0.05, 0) is 30.0 Å². The number of amides is 2. The number of hydrogen-bond acceptors (Lipinski definition) is 5. The van der Waals surface area contributed by atoms with Gasteiger partial charge in [0.2, 0.25) is 11.8 Å². The van der Waals surface area contributed by atoms with Gasteiger partial charge in [0.25, 0.3) is 0 Å². The Morgan fingerprint density at radius 3 is 2.57 bits per heavy atom. The van der Waals surface area contributed by atoms with Crippen LogP contribution in [0.5, 0.6) is 0 Å². The summed E-state index contributed by atoms with van der Waals surface area (Å²) >= 11 is 0. The molecule has 23 heavy (non-hydrogen) atoms. The highest BCUT2D eigenvalue weighted by atomic mass is 32.2. The average molecular weight is 337 g/mol. The Balaban J connectivity index is 1.79. The van der Waals surface area contributed by atoms with E-state index in [9.17, 15) is 18.0 Å². The second kappa shape index (κ2) is 7.36. The van der Waals surface area contributed by atoms with Crippen molar-refractivity contribution in [3.63, 3.8) is 0 Å². The molecule has 1 atom stereocenters. The topological polar surface area (TPSA) is 105 Å². The minimum absolute atomic E-state index is 0.0781. The van der Waals surface area contributed by atoms with Crippen molar-refractivity contribution in [2.45, 2.75) is 19.8 Å². The molecule has 1 aromatic rings. The van der Waals surface area contributed by atoms with Gasteiger partial charge in [-0.25, -0.2) is 13.8 Å². The number of hydrogen-bond donors (Lipinski definition) is 2. The highest BCUT2D eigenvalue weighted by Crippen LogP contribution is 2.21. The maximum absolute atomic E-state index is 11.7. The zero-order valence-electron chi connectivity index (χ0n) is 12.8. The third-order valence-electron chi connectivity index (χ3n) is 3.43. The summed E-state index contributed by atoms with van der Waals surface area (Å²) in [5.41, 5.74) is 3.85. The molecule has 0 spiro atoms. The lowest BCUT2D eigenvalue weighted by molar-refractivity contribution is -0.121. The number of carbonyl (C=O) groups is 2. The van der Waals surface area contributed by atoms with Crippen molar-refractivity contribution in [3.05, 3.63) is 29.8 Å². The van der Waals surface area contributed by atoms with Crippen LogP contribution in [0.15, 0.2) is 29.4 Å². The highest BCUT2D eigenvalue weighted by molar-refractivity contribution is 7.91. The molecule has 0 aliphatic carbocycles. The quantitative estimate of drug-likeness (QED) is 0.616. The SMILES string of the molecule is CC(=O)Nc1ccc(/C=N\NC(=O)C[C@H]2CCS(=O)(=O)C2)cc1. The molecule has 0 unspecified atom stereocenters. The minimum Gasteiger partial charge on any atom is -0.326 e. The Morgan fingerprint density at radius 2 is 2.00 bits per heavy atom. The van der Waals surface area contributed by atoms with Crippen molar-refractivity contribution in [1.82, 2.24) is 5.43 Å². The number of benzene rings is 1. The van der Waals surface area contributed by atoms with Crippen LogP contribution in [0.25, 0.3) is 0 Å². The molecule has 8 heteroatoms. The third-order valence-corrected chi connectivity index (χ3v) is 5.27. The normalized spacial score (nSPS) is 19.6. The molecule has 1 fully saturated rings. The summed E-state index contributed by atoms with van der Waals surface area (Å²) < 4.78 is 22.7. The maximum atomic E-state index is 11.7. The van der Waals surface area contributed by atoms with E-state index >= 15 is 0 Å². The zero-order valence-corrected chi connectivity index (χ0v) is 13.6.